The Balaban J connectivity index is 1.61. The average molecular weight is 331 g/mol. The standard InChI is InChI=1S/C18H25N3O3/c22-17(20-13-15-6-5-11-24-15)14-7-8-19-16(12-14)18(23)21-9-3-1-2-4-10-21/h7-8,12,15H,1-6,9-11,13H2,(H,20,22). The molecule has 1 aromatic heterocycles. The molecule has 2 aliphatic heterocycles. The van der Waals surface area contributed by atoms with Crippen LogP contribution in [0.4, 0.5) is 0 Å². The van der Waals surface area contributed by atoms with E-state index in [2.05, 4.69) is 10.3 Å². The summed E-state index contributed by atoms with van der Waals surface area (Å²) in [6.45, 7) is 2.83. The SMILES string of the molecule is O=C(NCC1CCCO1)c1ccnc(C(=O)N2CCCCCC2)c1. The van der Waals surface area contributed by atoms with Gasteiger partial charge in [0, 0.05) is 38.0 Å². The van der Waals surface area contributed by atoms with Crippen molar-refractivity contribution in [2.45, 2.75) is 44.6 Å². The lowest BCUT2D eigenvalue weighted by molar-refractivity contribution is 0.0755. The monoisotopic (exact) mass is 331 g/mol. The highest BCUT2D eigenvalue weighted by Crippen LogP contribution is 2.14. The third-order valence-electron chi connectivity index (χ3n) is 4.65. The molecular weight excluding hydrogens is 306 g/mol. The zero-order chi connectivity index (χ0) is 16.8. The lowest BCUT2D eigenvalue weighted by Crippen LogP contribution is -2.33. The lowest BCUT2D eigenvalue weighted by Gasteiger charge is -2.19. The maximum absolute atomic E-state index is 12.6. The van der Waals surface area contributed by atoms with Crippen LogP contribution in [0.5, 0.6) is 0 Å². The van der Waals surface area contributed by atoms with Gasteiger partial charge < -0.3 is 15.0 Å². The van der Waals surface area contributed by atoms with Crippen molar-refractivity contribution in [2.24, 2.45) is 0 Å². The molecule has 6 nitrogen and oxygen atoms in total. The Morgan fingerprint density at radius 3 is 2.71 bits per heavy atom. The highest BCUT2D eigenvalue weighted by Gasteiger charge is 2.20. The fraction of sp³-hybridized carbons (Fsp3) is 0.611. The third-order valence-corrected chi connectivity index (χ3v) is 4.65. The Hall–Kier alpha value is -1.95. The summed E-state index contributed by atoms with van der Waals surface area (Å²) >= 11 is 0. The second kappa shape index (κ2) is 8.24. The number of likely N-dealkylation sites (tertiary alicyclic amines) is 1. The number of carbonyl (C=O) groups excluding carboxylic acids is 2. The summed E-state index contributed by atoms with van der Waals surface area (Å²) in [6, 6.07) is 3.24. The van der Waals surface area contributed by atoms with Gasteiger partial charge in [0.15, 0.2) is 0 Å². The largest absolute Gasteiger partial charge is 0.376 e. The van der Waals surface area contributed by atoms with Gasteiger partial charge in [0.1, 0.15) is 5.69 Å². The van der Waals surface area contributed by atoms with E-state index in [4.69, 9.17) is 4.74 Å². The summed E-state index contributed by atoms with van der Waals surface area (Å²) in [4.78, 5) is 30.9. The summed E-state index contributed by atoms with van der Waals surface area (Å²) in [5.74, 6) is -0.261. The van der Waals surface area contributed by atoms with Crippen molar-refractivity contribution in [3.05, 3.63) is 29.6 Å². The predicted octanol–water partition coefficient (Wildman–Crippen LogP) is 2.01. The Labute approximate surface area is 142 Å². The van der Waals surface area contributed by atoms with Crippen molar-refractivity contribution < 1.29 is 14.3 Å². The highest BCUT2D eigenvalue weighted by atomic mass is 16.5. The van der Waals surface area contributed by atoms with Gasteiger partial charge in [-0.3, -0.25) is 14.6 Å². The minimum Gasteiger partial charge on any atom is -0.376 e. The summed E-state index contributed by atoms with van der Waals surface area (Å²) in [7, 11) is 0. The molecule has 0 aliphatic carbocycles. The first kappa shape index (κ1) is 16.9. The topological polar surface area (TPSA) is 71.5 Å². The second-order valence-corrected chi connectivity index (χ2v) is 6.48. The van der Waals surface area contributed by atoms with Crippen LogP contribution < -0.4 is 5.32 Å². The highest BCUT2D eigenvalue weighted by molar-refractivity contribution is 5.98. The van der Waals surface area contributed by atoms with E-state index in [0.717, 1.165) is 45.4 Å². The van der Waals surface area contributed by atoms with E-state index in [0.29, 0.717) is 17.8 Å². The number of amides is 2. The van der Waals surface area contributed by atoms with Crippen LogP contribution in [0.15, 0.2) is 18.3 Å². The van der Waals surface area contributed by atoms with Gasteiger partial charge in [0.25, 0.3) is 11.8 Å². The summed E-state index contributed by atoms with van der Waals surface area (Å²) in [6.07, 6.45) is 8.08. The zero-order valence-corrected chi connectivity index (χ0v) is 14.0. The number of carbonyl (C=O) groups is 2. The molecule has 1 N–H and O–H groups in total. The van der Waals surface area contributed by atoms with Crippen LogP contribution in [0.1, 0.15) is 59.4 Å². The molecule has 3 heterocycles. The molecule has 0 radical (unpaired) electrons. The minimum atomic E-state index is -0.183. The molecule has 6 heteroatoms. The van der Waals surface area contributed by atoms with Crippen LogP contribution in [-0.4, -0.2) is 54.0 Å². The minimum absolute atomic E-state index is 0.0781. The molecule has 24 heavy (non-hydrogen) atoms. The van der Waals surface area contributed by atoms with Gasteiger partial charge in [-0.25, -0.2) is 0 Å². The molecular formula is C18H25N3O3. The van der Waals surface area contributed by atoms with Gasteiger partial charge in [0.2, 0.25) is 0 Å². The van der Waals surface area contributed by atoms with Crippen LogP contribution in [0.2, 0.25) is 0 Å². The normalized spacial score (nSPS) is 21.3. The van der Waals surface area contributed by atoms with Gasteiger partial charge >= 0.3 is 0 Å². The molecule has 130 valence electrons. The fourth-order valence-electron chi connectivity index (χ4n) is 3.24. The van der Waals surface area contributed by atoms with E-state index >= 15 is 0 Å². The molecule has 1 atom stereocenters. The number of rotatable bonds is 4. The molecule has 0 spiro atoms. The van der Waals surface area contributed by atoms with Crippen LogP contribution in [-0.2, 0) is 4.74 Å². The number of nitrogens with zero attached hydrogens (tertiary/aromatic N) is 2. The zero-order valence-electron chi connectivity index (χ0n) is 14.0. The summed E-state index contributed by atoms with van der Waals surface area (Å²) in [5, 5.41) is 2.88. The quantitative estimate of drug-likeness (QED) is 0.916. The van der Waals surface area contributed by atoms with Crippen LogP contribution in [0.25, 0.3) is 0 Å². The van der Waals surface area contributed by atoms with E-state index < -0.39 is 0 Å². The Morgan fingerprint density at radius 1 is 1.21 bits per heavy atom. The average Bonchev–Trinajstić information content (AvgIpc) is 2.99. The number of hydrogen-bond acceptors (Lipinski definition) is 4. The number of aromatic nitrogens is 1. The first-order valence-corrected chi connectivity index (χ1v) is 8.89. The summed E-state index contributed by atoms with van der Waals surface area (Å²) in [5.41, 5.74) is 0.822. The molecule has 0 saturated carbocycles. The van der Waals surface area contributed by atoms with Crippen molar-refractivity contribution in [3.8, 4) is 0 Å². The molecule has 0 bridgehead atoms. The second-order valence-electron chi connectivity index (χ2n) is 6.48. The van der Waals surface area contributed by atoms with Crippen molar-refractivity contribution >= 4 is 11.8 Å². The van der Waals surface area contributed by atoms with E-state index in [9.17, 15) is 9.59 Å². The Kier molecular flexibility index (Phi) is 5.80. The molecule has 2 saturated heterocycles. The molecule has 3 rings (SSSR count). The van der Waals surface area contributed by atoms with E-state index in [1.165, 1.54) is 19.0 Å². The van der Waals surface area contributed by atoms with E-state index in [-0.39, 0.29) is 17.9 Å². The van der Waals surface area contributed by atoms with Gasteiger partial charge in [-0.15, -0.1) is 0 Å². The van der Waals surface area contributed by atoms with Crippen molar-refractivity contribution in [1.82, 2.24) is 15.2 Å². The maximum atomic E-state index is 12.6. The van der Waals surface area contributed by atoms with Gasteiger partial charge in [-0.1, -0.05) is 12.8 Å². The van der Waals surface area contributed by atoms with Crippen LogP contribution in [0, 0.1) is 0 Å². The Morgan fingerprint density at radius 2 is 2.00 bits per heavy atom. The predicted molar refractivity (Wildman–Crippen MR) is 89.9 cm³/mol. The maximum Gasteiger partial charge on any atom is 0.272 e. The van der Waals surface area contributed by atoms with Crippen molar-refractivity contribution in [1.29, 1.82) is 0 Å². The Bertz CT molecular complexity index is 577. The van der Waals surface area contributed by atoms with Crippen molar-refractivity contribution in [3.63, 3.8) is 0 Å². The molecule has 2 fully saturated rings. The number of ether oxygens (including phenoxy) is 1. The number of pyridine rings is 1. The van der Waals surface area contributed by atoms with Gasteiger partial charge in [-0.05, 0) is 37.8 Å². The van der Waals surface area contributed by atoms with E-state index in [1.54, 1.807) is 12.1 Å². The van der Waals surface area contributed by atoms with Crippen LogP contribution >= 0.6 is 0 Å². The molecule has 1 unspecified atom stereocenters. The fourth-order valence-corrected chi connectivity index (χ4v) is 3.24. The van der Waals surface area contributed by atoms with Gasteiger partial charge in [-0.2, -0.15) is 0 Å². The molecule has 2 aliphatic rings. The smallest absolute Gasteiger partial charge is 0.272 e. The van der Waals surface area contributed by atoms with Gasteiger partial charge in [0.05, 0.1) is 6.10 Å². The van der Waals surface area contributed by atoms with Crippen LogP contribution in [0.3, 0.4) is 0 Å². The van der Waals surface area contributed by atoms with E-state index in [1.807, 2.05) is 4.90 Å². The molecule has 0 aromatic carbocycles. The first-order valence-electron chi connectivity index (χ1n) is 8.89. The molecule has 1 aromatic rings. The first-order chi connectivity index (χ1) is 11.7. The third kappa shape index (κ3) is 4.32. The molecule has 2 amide bonds. The summed E-state index contributed by atoms with van der Waals surface area (Å²) < 4.78 is 5.50. The van der Waals surface area contributed by atoms with Crippen molar-refractivity contribution in [2.75, 3.05) is 26.2 Å². The number of nitrogens with one attached hydrogen (secondary N) is 1. The lowest BCUT2D eigenvalue weighted by atomic mass is 10.2. The number of hydrogen-bond donors (Lipinski definition) is 1.